The number of fused-ring (bicyclic) bond motifs is 2. The Morgan fingerprint density at radius 2 is 2.25 bits per heavy atom. The Bertz CT molecular complexity index is 949. The van der Waals surface area contributed by atoms with Crippen molar-refractivity contribution in [2.45, 2.75) is 32.4 Å². The highest BCUT2D eigenvalue weighted by molar-refractivity contribution is 6.15. The summed E-state index contributed by atoms with van der Waals surface area (Å²) in [6, 6.07) is 7.48. The maximum Gasteiger partial charge on any atom is 0.232 e. The summed E-state index contributed by atoms with van der Waals surface area (Å²) in [4.78, 5) is 19.4. The lowest BCUT2D eigenvalue weighted by Crippen LogP contribution is -2.37. The highest BCUT2D eigenvalue weighted by atomic mass is 16.5. The predicted octanol–water partition coefficient (Wildman–Crippen LogP) is 3.34. The number of Topliss-reactive ketones (excluding diaryl/α,β-unsaturated/α-hetero) is 1. The number of carbonyl (C=O) groups is 1. The van der Waals surface area contributed by atoms with Gasteiger partial charge in [0.25, 0.3) is 0 Å². The summed E-state index contributed by atoms with van der Waals surface area (Å²) in [5.41, 5.74) is 3.19. The van der Waals surface area contributed by atoms with Crippen molar-refractivity contribution >= 4 is 11.9 Å². The van der Waals surface area contributed by atoms with E-state index in [-0.39, 0.29) is 11.9 Å². The molecule has 1 saturated heterocycles. The molecule has 4 heterocycles. The molecule has 6 nitrogen and oxygen atoms in total. The summed E-state index contributed by atoms with van der Waals surface area (Å²) < 4.78 is 17.7. The van der Waals surface area contributed by atoms with E-state index >= 15 is 0 Å². The van der Waals surface area contributed by atoms with Crippen molar-refractivity contribution in [2.75, 3.05) is 19.9 Å². The molecule has 1 unspecified atom stereocenters. The van der Waals surface area contributed by atoms with Gasteiger partial charge in [-0.05, 0) is 38.0 Å². The largest absolute Gasteiger partial charge is 0.477 e. The summed E-state index contributed by atoms with van der Waals surface area (Å²) in [6.45, 7) is 4.92. The molecule has 3 aliphatic heterocycles. The van der Waals surface area contributed by atoms with Crippen molar-refractivity contribution in [3.05, 3.63) is 58.6 Å². The second kappa shape index (κ2) is 7.04. The molecule has 5 rings (SSSR count). The zero-order valence-corrected chi connectivity index (χ0v) is 15.8. The number of ether oxygens (including phenoxy) is 3. The molecule has 0 spiro atoms. The molecular formula is C22H22N2O4. The van der Waals surface area contributed by atoms with E-state index in [0.717, 1.165) is 49.4 Å². The van der Waals surface area contributed by atoms with Crippen LogP contribution in [0.4, 0.5) is 0 Å². The lowest BCUT2D eigenvalue weighted by Gasteiger charge is -2.31. The normalized spacial score (nSPS) is 22.7. The number of aromatic nitrogens is 1. The molecule has 144 valence electrons. The van der Waals surface area contributed by atoms with Gasteiger partial charge in [-0.1, -0.05) is 6.07 Å². The fourth-order valence-corrected chi connectivity index (χ4v) is 4.09. The molecule has 6 heteroatoms. The fraction of sp³-hybridized carbons (Fsp3) is 0.364. The van der Waals surface area contributed by atoms with Gasteiger partial charge in [-0.15, -0.1) is 0 Å². The van der Waals surface area contributed by atoms with Gasteiger partial charge >= 0.3 is 0 Å². The lowest BCUT2D eigenvalue weighted by atomic mass is 10.00. The summed E-state index contributed by atoms with van der Waals surface area (Å²) >= 11 is 0. The second-order valence-electron chi connectivity index (χ2n) is 7.48. The first-order valence-corrected chi connectivity index (χ1v) is 9.67. The number of hydrogen-bond donors (Lipinski definition) is 0. The molecule has 0 bridgehead atoms. The van der Waals surface area contributed by atoms with Crippen LogP contribution in [-0.2, 0) is 11.3 Å². The third-order valence-electron chi connectivity index (χ3n) is 5.45. The summed E-state index contributed by atoms with van der Waals surface area (Å²) in [6.07, 6.45) is 5.88. The summed E-state index contributed by atoms with van der Waals surface area (Å²) in [5, 5.41) is 0. The van der Waals surface area contributed by atoms with Gasteiger partial charge in [0.15, 0.2) is 5.76 Å². The number of pyridine rings is 1. The van der Waals surface area contributed by atoms with Crippen molar-refractivity contribution in [2.24, 2.45) is 0 Å². The number of allylic oxidation sites excluding steroid dienone is 1. The summed E-state index contributed by atoms with van der Waals surface area (Å²) in [5.74, 6) is 1.62. The van der Waals surface area contributed by atoms with Crippen LogP contribution in [0.3, 0.4) is 0 Å². The quantitative estimate of drug-likeness (QED) is 0.764. The molecule has 1 atom stereocenters. The van der Waals surface area contributed by atoms with Crippen molar-refractivity contribution in [1.29, 1.82) is 0 Å². The van der Waals surface area contributed by atoms with Gasteiger partial charge in [-0.25, -0.2) is 0 Å². The van der Waals surface area contributed by atoms with Crippen molar-refractivity contribution in [3.8, 4) is 11.5 Å². The molecule has 1 fully saturated rings. The van der Waals surface area contributed by atoms with Crippen molar-refractivity contribution in [1.82, 2.24) is 9.88 Å². The standard InChI is InChI=1S/C22H22N2O4/c1-14-21-15(11-24(13-27-21)12-17-6-4-8-26-17)9-18-20(25)19(28-22(14)18)10-16-5-2-3-7-23-16/h2-3,5,7,9-10,17H,4,6,8,11-13H2,1H3/b19-10-. The smallest absolute Gasteiger partial charge is 0.232 e. The van der Waals surface area contributed by atoms with Gasteiger partial charge < -0.3 is 14.2 Å². The van der Waals surface area contributed by atoms with E-state index in [9.17, 15) is 4.79 Å². The topological polar surface area (TPSA) is 60.9 Å². The lowest BCUT2D eigenvalue weighted by molar-refractivity contribution is 0.0276. The number of benzene rings is 1. The van der Waals surface area contributed by atoms with Crippen LogP contribution in [0.15, 0.2) is 36.2 Å². The first-order chi connectivity index (χ1) is 13.7. The number of ketones is 1. The molecule has 1 aromatic carbocycles. The first kappa shape index (κ1) is 17.4. The second-order valence-corrected chi connectivity index (χ2v) is 7.48. The van der Waals surface area contributed by atoms with Crippen LogP contribution >= 0.6 is 0 Å². The molecule has 0 N–H and O–H groups in total. The Morgan fingerprint density at radius 3 is 3.04 bits per heavy atom. The van der Waals surface area contributed by atoms with Gasteiger partial charge in [0, 0.05) is 43.1 Å². The molecule has 0 amide bonds. The van der Waals surface area contributed by atoms with Crippen LogP contribution in [0.5, 0.6) is 11.5 Å². The van der Waals surface area contributed by atoms with Crippen LogP contribution < -0.4 is 9.47 Å². The Hall–Kier alpha value is -2.70. The summed E-state index contributed by atoms with van der Waals surface area (Å²) in [7, 11) is 0. The fourth-order valence-electron chi connectivity index (χ4n) is 4.09. The van der Waals surface area contributed by atoms with Crippen molar-refractivity contribution < 1.29 is 19.0 Å². The van der Waals surface area contributed by atoms with Crippen LogP contribution in [0.25, 0.3) is 6.08 Å². The van der Waals surface area contributed by atoms with Crippen molar-refractivity contribution in [3.63, 3.8) is 0 Å². The molecule has 0 saturated carbocycles. The van der Waals surface area contributed by atoms with Gasteiger partial charge in [-0.3, -0.25) is 14.7 Å². The van der Waals surface area contributed by atoms with E-state index in [1.54, 1.807) is 12.3 Å². The molecule has 1 aromatic heterocycles. The van der Waals surface area contributed by atoms with E-state index in [1.165, 1.54) is 0 Å². The number of carbonyl (C=O) groups excluding carboxylic acids is 1. The highest BCUT2D eigenvalue weighted by Gasteiger charge is 2.34. The Labute approximate surface area is 163 Å². The molecule has 0 radical (unpaired) electrons. The third kappa shape index (κ3) is 3.08. The SMILES string of the molecule is Cc1c2c(cc3c1O/C(=C\c1ccccn1)C3=O)CN(CC1CCCO1)CO2. The van der Waals surface area contributed by atoms with E-state index in [1.807, 2.05) is 31.2 Å². The maximum absolute atomic E-state index is 12.9. The average Bonchev–Trinajstić information content (AvgIpc) is 3.32. The van der Waals surface area contributed by atoms with Gasteiger partial charge in [0.05, 0.1) is 17.4 Å². The van der Waals surface area contributed by atoms with Crippen LogP contribution in [0, 0.1) is 6.92 Å². The molecule has 0 aliphatic carbocycles. The molecule has 3 aliphatic rings. The predicted molar refractivity (Wildman–Crippen MR) is 103 cm³/mol. The first-order valence-electron chi connectivity index (χ1n) is 9.67. The zero-order chi connectivity index (χ0) is 19.1. The maximum atomic E-state index is 12.9. The molecule has 2 aromatic rings. The average molecular weight is 378 g/mol. The number of hydrogen-bond acceptors (Lipinski definition) is 6. The van der Waals surface area contributed by atoms with E-state index in [4.69, 9.17) is 14.2 Å². The highest BCUT2D eigenvalue weighted by Crippen LogP contribution is 2.43. The van der Waals surface area contributed by atoms with E-state index in [2.05, 4.69) is 9.88 Å². The van der Waals surface area contributed by atoms with E-state index < -0.39 is 0 Å². The van der Waals surface area contributed by atoms with Gasteiger partial charge in [0.1, 0.15) is 18.2 Å². The minimum absolute atomic E-state index is 0.109. The minimum atomic E-state index is -0.109. The number of rotatable bonds is 3. The molecule has 28 heavy (non-hydrogen) atoms. The number of nitrogens with zero attached hydrogens (tertiary/aromatic N) is 2. The van der Waals surface area contributed by atoms with Gasteiger partial charge in [-0.2, -0.15) is 0 Å². The zero-order valence-electron chi connectivity index (χ0n) is 15.8. The van der Waals surface area contributed by atoms with Crippen LogP contribution in [0.1, 0.15) is 40.0 Å². The minimum Gasteiger partial charge on any atom is -0.477 e. The Kier molecular flexibility index (Phi) is 4.37. The Morgan fingerprint density at radius 1 is 1.32 bits per heavy atom. The van der Waals surface area contributed by atoms with Crippen LogP contribution in [-0.4, -0.2) is 41.7 Å². The van der Waals surface area contributed by atoms with Crippen LogP contribution in [0.2, 0.25) is 0 Å². The monoisotopic (exact) mass is 378 g/mol. The third-order valence-corrected chi connectivity index (χ3v) is 5.45. The van der Waals surface area contributed by atoms with E-state index in [0.29, 0.717) is 29.5 Å². The molecular weight excluding hydrogens is 356 g/mol. The van der Waals surface area contributed by atoms with Gasteiger partial charge in [0.2, 0.25) is 5.78 Å². The Balaban J connectivity index is 1.42.